The van der Waals surface area contributed by atoms with Gasteiger partial charge in [0, 0.05) is 53.1 Å². The first-order valence-electron chi connectivity index (χ1n) is 15.8. The SMILES string of the molecule is Cc1ccc(-c2cnc(NC(=O)c3cc(N4CCCCC4)ccc3-c3c(C(N)=O)cccc3C(=O)NCCOCCO)cn2)cc1C. The van der Waals surface area contributed by atoms with Crippen LogP contribution in [0.5, 0.6) is 0 Å². The van der Waals surface area contributed by atoms with Crippen LogP contribution >= 0.6 is 0 Å². The Morgan fingerprint density at radius 1 is 0.872 bits per heavy atom. The highest BCUT2D eigenvalue weighted by molar-refractivity contribution is 6.14. The van der Waals surface area contributed by atoms with E-state index in [0.29, 0.717) is 11.3 Å². The van der Waals surface area contributed by atoms with Crippen molar-refractivity contribution in [3.63, 3.8) is 0 Å². The maximum atomic E-state index is 14.1. The molecule has 1 saturated heterocycles. The number of aromatic nitrogens is 2. The maximum Gasteiger partial charge on any atom is 0.257 e. The number of nitrogens with two attached hydrogens (primary N) is 1. The number of aliphatic hydroxyl groups excluding tert-OH is 1. The number of aliphatic hydroxyl groups is 1. The zero-order valence-corrected chi connectivity index (χ0v) is 26.7. The summed E-state index contributed by atoms with van der Waals surface area (Å²) < 4.78 is 5.26. The van der Waals surface area contributed by atoms with Crippen molar-refractivity contribution in [1.29, 1.82) is 0 Å². The molecule has 1 aliphatic heterocycles. The molecule has 3 amide bonds. The van der Waals surface area contributed by atoms with E-state index in [1.165, 1.54) is 17.8 Å². The second kappa shape index (κ2) is 15.4. The molecule has 0 bridgehead atoms. The van der Waals surface area contributed by atoms with Crippen LogP contribution in [0.25, 0.3) is 22.4 Å². The molecule has 5 rings (SSSR count). The average Bonchev–Trinajstić information content (AvgIpc) is 3.09. The van der Waals surface area contributed by atoms with Crippen molar-refractivity contribution in [1.82, 2.24) is 15.3 Å². The number of rotatable bonds is 12. The number of carbonyl (C=O) groups excluding carboxylic acids is 3. The highest BCUT2D eigenvalue weighted by atomic mass is 16.5. The van der Waals surface area contributed by atoms with Gasteiger partial charge in [0.15, 0.2) is 5.82 Å². The normalized spacial score (nSPS) is 12.9. The largest absolute Gasteiger partial charge is 0.394 e. The van der Waals surface area contributed by atoms with Crippen molar-refractivity contribution in [2.75, 3.05) is 49.7 Å². The Morgan fingerprint density at radius 2 is 1.66 bits per heavy atom. The maximum absolute atomic E-state index is 14.1. The number of nitrogens with one attached hydrogen (secondary N) is 2. The number of aryl methyl sites for hydroxylation is 2. The molecule has 0 radical (unpaired) electrons. The molecule has 11 nitrogen and oxygen atoms in total. The summed E-state index contributed by atoms with van der Waals surface area (Å²) in [6, 6.07) is 16.2. The number of carbonyl (C=O) groups is 3. The van der Waals surface area contributed by atoms with Gasteiger partial charge in [-0.3, -0.25) is 19.4 Å². The van der Waals surface area contributed by atoms with E-state index in [-0.39, 0.29) is 54.4 Å². The minimum atomic E-state index is -0.736. The molecule has 2 heterocycles. The number of amides is 3. The van der Waals surface area contributed by atoms with Gasteiger partial charge in [0.1, 0.15) is 0 Å². The molecule has 5 N–H and O–H groups in total. The summed E-state index contributed by atoms with van der Waals surface area (Å²) in [5.41, 5.74) is 11.7. The molecule has 0 spiro atoms. The van der Waals surface area contributed by atoms with Crippen molar-refractivity contribution < 1.29 is 24.2 Å². The summed E-state index contributed by atoms with van der Waals surface area (Å²) in [4.78, 5) is 51.4. The number of hydrogen-bond acceptors (Lipinski definition) is 8. The van der Waals surface area contributed by atoms with Gasteiger partial charge in [0.05, 0.1) is 37.9 Å². The first-order valence-corrected chi connectivity index (χ1v) is 15.8. The minimum Gasteiger partial charge on any atom is -0.394 e. The third-order valence-corrected chi connectivity index (χ3v) is 8.28. The molecule has 1 fully saturated rings. The molecule has 0 unspecified atom stereocenters. The molecule has 3 aromatic carbocycles. The Kier molecular flexibility index (Phi) is 10.9. The fourth-order valence-electron chi connectivity index (χ4n) is 5.65. The van der Waals surface area contributed by atoms with Crippen molar-refractivity contribution in [3.05, 3.63) is 94.8 Å². The summed E-state index contributed by atoms with van der Waals surface area (Å²) in [5.74, 6) is -1.42. The zero-order valence-electron chi connectivity index (χ0n) is 26.7. The van der Waals surface area contributed by atoms with E-state index in [2.05, 4.69) is 25.5 Å². The molecule has 4 aromatic rings. The van der Waals surface area contributed by atoms with Crippen LogP contribution in [0.1, 0.15) is 61.5 Å². The summed E-state index contributed by atoms with van der Waals surface area (Å²) in [6.07, 6.45) is 6.35. The topological polar surface area (TPSA) is 160 Å². The predicted octanol–water partition coefficient (Wildman–Crippen LogP) is 4.51. The number of ether oxygens (including phenoxy) is 1. The van der Waals surface area contributed by atoms with Crippen LogP contribution in [0, 0.1) is 13.8 Å². The summed E-state index contributed by atoms with van der Waals surface area (Å²) >= 11 is 0. The van der Waals surface area contributed by atoms with Crippen LogP contribution in [0.15, 0.2) is 67.0 Å². The number of piperidine rings is 1. The van der Waals surface area contributed by atoms with Gasteiger partial charge >= 0.3 is 0 Å². The first-order chi connectivity index (χ1) is 22.8. The van der Waals surface area contributed by atoms with Crippen molar-refractivity contribution in [2.45, 2.75) is 33.1 Å². The van der Waals surface area contributed by atoms with E-state index < -0.39 is 17.7 Å². The lowest BCUT2D eigenvalue weighted by atomic mass is 9.89. The van der Waals surface area contributed by atoms with Gasteiger partial charge < -0.3 is 31.1 Å². The van der Waals surface area contributed by atoms with Crippen LogP contribution in [0.4, 0.5) is 11.5 Å². The van der Waals surface area contributed by atoms with Crippen LogP contribution in [0.3, 0.4) is 0 Å². The van der Waals surface area contributed by atoms with Gasteiger partial charge in [-0.1, -0.05) is 24.3 Å². The third kappa shape index (κ3) is 8.00. The van der Waals surface area contributed by atoms with E-state index in [1.807, 2.05) is 38.1 Å². The van der Waals surface area contributed by atoms with E-state index in [4.69, 9.17) is 15.6 Å². The Hall–Kier alpha value is -5.13. The monoisotopic (exact) mass is 636 g/mol. The molecular formula is C36H40N6O5. The summed E-state index contributed by atoms with van der Waals surface area (Å²) in [6.45, 7) is 6.19. The molecule has 1 aromatic heterocycles. The Labute approximate surface area is 274 Å². The van der Waals surface area contributed by atoms with Gasteiger partial charge in [-0.25, -0.2) is 4.98 Å². The smallest absolute Gasteiger partial charge is 0.257 e. The van der Waals surface area contributed by atoms with Gasteiger partial charge in [-0.2, -0.15) is 0 Å². The van der Waals surface area contributed by atoms with Crippen LogP contribution < -0.4 is 21.3 Å². The van der Waals surface area contributed by atoms with Crippen molar-refractivity contribution >= 4 is 29.2 Å². The molecule has 0 saturated carbocycles. The highest BCUT2D eigenvalue weighted by Crippen LogP contribution is 2.35. The molecule has 47 heavy (non-hydrogen) atoms. The van der Waals surface area contributed by atoms with Gasteiger partial charge in [0.2, 0.25) is 5.91 Å². The highest BCUT2D eigenvalue weighted by Gasteiger charge is 2.25. The Morgan fingerprint density at radius 3 is 2.36 bits per heavy atom. The second-order valence-electron chi connectivity index (χ2n) is 11.5. The summed E-state index contributed by atoms with van der Waals surface area (Å²) in [5, 5.41) is 14.6. The van der Waals surface area contributed by atoms with E-state index in [9.17, 15) is 14.4 Å². The summed E-state index contributed by atoms with van der Waals surface area (Å²) in [7, 11) is 0. The quantitative estimate of drug-likeness (QED) is 0.165. The molecular weight excluding hydrogens is 596 g/mol. The lowest BCUT2D eigenvalue weighted by molar-refractivity contribution is 0.0838. The van der Waals surface area contributed by atoms with Gasteiger partial charge in [-0.15, -0.1) is 0 Å². The number of hydrogen-bond donors (Lipinski definition) is 4. The molecule has 11 heteroatoms. The number of nitrogens with zero attached hydrogens (tertiary/aromatic N) is 3. The van der Waals surface area contributed by atoms with Crippen molar-refractivity contribution in [3.8, 4) is 22.4 Å². The van der Waals surface area contributed by atoms with E-state index in [1.54, 1.807) is 30.5 Å². The molecule has 1 aliphatic rings. The van der Waals surface area contributed by atoms with Crippen LogP contribution in [-0.2, 0) is 4.74 Å². The fraction of sp³-hybridized carbons (Fsp3) is 0.306. The van der Waals surface area contributed by atoms with Crippen LogP contribution in [0.2, 0.25) is 0 Å². The minimum absolute atomic E-state index is 0.103. The second-order valence-corrected chi connectivity index (χ2v) is 11.5. The number of primary amides is 1. The predicted molar refractivity (Wildman–Crippen MR) is 182 cm³/mol. The van der Waals surface area contributed by atoms with Gasteiger partial charge in [0.25, 0.3) is 11.8 Å². The molecule has 244 valence electrons. The van der Waals surface area contributed by atoms with E-state index >= 15 is 0 Å². The number of anilines is 2. The third-order valence-electron chi connectivity index (χ3n) is 8.28. The van der Waals surface area contributed by atoms with E-state index in [0.717, 1.165) is 49.2 Å². The standard InChI is InChI=1S/C36H40N6O5/c1-23-9-10-25(19-24(23)2)31-21-40-32(22-39-31)41-36(46)30-20-26(42-14-4-3-5-15-42)11-12-27(30)33-28(34(37)44)7-6-8-29(33)35(45)38-13-17-47-18-16-43/h6-12,19-22,43H,3-5,13-18H2,1-2H3,(H2,37,44)(H,38,45)(H,40,41,46). The Balaban J connectivity index is 1.52. The fourth-order valence-corrected chi connectivity index (χ4v) is 5.65. The lowest BCUT2D eigenvalue weighted by Crippen LogP contribution is -2.30. The molecule has 0 atom stereocenters. The van der Waals surface area contributed by atoms with Gasteiger partial charge in [-0.05, 0) is 80.1 Å². The van der Waals surface area contributed by atoms with Crippen molar-refractivity contribution in [2.24, 2.45) is 5.73 Å². The Bertz CT molecular complexity index is 1750. The van der Waals surface area contributed by atoms with Crippen LogP contribution in [-0.4, -0.2) is 72.3 Å². The first kappa shape index (κ1) is 33.2. The zero-order chi connectivity index (χ0) is 33.3. The number of benzene rings is 3. The average molecular weight is 637 g/mol. The lowest BCUT2D eigenvalue weighted by Gasteiger charge is -2.29. The molecule has 0 aliphatic carbocycles.